The van der Waals surface area contributed by atoms with Gasteiger partial charge in [0.1, 0.15) is 29.2 Å². The van der Waals surface area contributed by atoms with Crippen LogP contribution < -0.4 is 19.7 Å². The molecule has 6 atom stereocenters. The molecule has 5 fully saturated rings. The summed E-state index contributed by atoms with van der Waals surface area (Å²) in [5.74, 6) is 2.17. The number of rotatable bonds is 7. The summed E-state index contributed by atoms with van der Waals surface area (Å²) < 4.78 is 41.8. The lowest BCUT2D eigenvalue weighted by molar-refractivity contribution is -0.122. The second-order valence-electron chi connectivity index (χ2n) is 20.8. The van der Waals surface area contributed by atoms with Gasteiger partial charge in [-0.05, 0) is 130 Å². The van der Waals surface area contributed by atoms with Crippen molar-refractivity contribution < 1.29 is 38.0 Å². The number of nitrogens with zero attached hydrogens (tertiary/aromatic N) is 3. The summed E-state index contributed by atoms with van der Waals surface area (Å²) >= 11 is 0. The van der Waals surface area contributed by atoms with Crippen LogP contribution in [0.1, 0.15) is 119 Å². The number of nitrogens with one attached hydrogen (secondary N) is 1. The Labute approximate surface area is 386 Å². The Bertz CT molecular complexity index is 2560. The SMILES string of the molecule is COc1cc(N2CCC3(CC[C@@H](CN4CCC5(CC4)COc4c5cc(C)c5c4CN([C@H]4CCC(=O)NC6OC64)C5=O)CO3)CC2)c(F)cc1[C@@H]1c2ccc(O)cc2CC[C@@H]1c1ccccc1. The third-order valence-corrected chi connectivity index (χ3v) is 17.1. The number of halogens is 1. The number of carbonyl (C=O) groups excluding carboxylic acids is 2. The normalized spacial score (nSPS) is 28.5. The van der Waals surface area contributed by atoms with Gasteiger partial charge in [-0.1, -0.05) is 42.5 Å². The Morgan fingerprint density at radius 3 is 2.50 bits per heavy atom. The van der Waals surface area contributed by atoms with Crippen LogP contribution in [0.25, 0.3) is 0 Å². The molecule has 12 rings (SSSR count). The first-order valence-corrected chi connectivity index (χ1v) is 24.5. The average Bonchev–Trinajstić information content (AvgIpc) is 3.92. The fourth-order valence-electron chi connectivity index (χ4n) is 13.4. The zero-order valence-electron chi connectivity index (χ0n) is 38.2. The summed E-state index contributed by atoms with van der Waals surface area (Å²) in [5, 5.41) is 13.3. The largest absolute Gasteiger partial charge is 0.508 e. The van der Waals surface area contributed by atoms with Gasteiger partial charge in [-0.25, -0.2) is 4.39 Å². The Hall–Kier alpha value is -5.17. The lowest BCUT2D eigenvalue weighted by atomic mass is 9.69. The van der Waals surface area contributed by atoms with E-state index in [4.69, 9.17) is 18.9 Å². The number of fused-ring (bicyclic) bond motifs is 6. The van der Waals surface area contributed by atoms with Gasteiger partial charge in [-0.15, -0.1) is 0 Å². The summed E-state index contributed by atoms with van der Waals surface area (Å²) in [6.45, 7) is 8.45. The van der Waals surface area contributed by atoms with Crippen LogP contribution >= 0.6 is 0 Å². The minimum absolute atomic E-state index is 0.0119. The third kappa shape index (κ3) is 7.15. The first kappa shape index (κ1) is 42.2. The highest BCUT2D eigenvalue weighted by Gasteiger charge is 2.54. The maximum absolute atomic E-state index is 16.5. The molecule has 2 amide bonds. The summed E-state index contributed by atoms with van der Waals surface area (Å²) in [4.78, 5) is 32.8. The number of likely N-dealkylation sites (tertiary alicyclic amines) is 1. The van der Waals surface area contributed by atoms with E-state index in [0.717, 1.165) is 130 Å². The highest BCUT2D eigenvalue weighted by molar-refractivity contribution is 6.01. The van der Waals surface area contributed by atoms with Crippen molar-refractivity contribution in [2.45, 2.75) is 119 Å². The Kier molecular flexibility index (Phi) is 10.4. The van der Waals surface area contributed by atoms with E-state index >= 15 is 4.39 Å². The van der Waals surface area contributed by atoms with E-state index in [2.05, 4.69) is 52.4 Å². The van der Waals surface area contributed by atoms with Gasteiger partial charge in [0.05, 0.1) is 49.8 Å². The number of amides is 2. The van der Waals surface area contributed by atoms with Gasteiger partial charge in [0.2, 0.25) is 5.91 Å². The van der Waals surface area contributed by atoms with E-state index in [-0.39, 0.29) is 64.6 Å². The molecule has 2 spiro atoms. The zero-order valence-corrected chi connectivity index (χ0v) is 38.2. The molecule has 8 aliphatic rings. The van der Waals surface area contributed by atoms with Crippen molar-refractivity contribution in [2.24, 2.45) is 5.92 Å². The van der Waals surface area contributed by atoms with Crippen LogP contribution in [0.15, 0.2) is 66.7 Å². The van der Waals surface area contributed by atoms with Crippen LogP contribution in [-0.2, 0) is 32.6 Å². The topological polar surface area (TPSA) is 116 Å². The average molecular weight is 897 g/mol. The number of hydrogen-bond donors (Lipinski definition) is 2. The molecule has 346 valence electrons. The van der Waals surface area contributed by atoms with Crippen LogP contribution in [0.2, 0.25) is 0 Å². The number of piperidine rings is 2. The quantitative estimate of drug-likeness (QED) is 0.179. The number of phenolic OH excluding ortho intramolecular Hbond substituents is 1. The number of carbonyl (C=O) groups is 2. The monoisotopic (exact) mass is 896 g/mol. The molecule has 4 aromatic rings. The Balaban J connectivity index is 0.669. The molecule has 0 saturated carbocycles. The van der Waals surface area contributed by atoms with Crippen molar-refractivity contribution in [3.05, 3.63) is 117 Å². The van der Waals surface area contributed by atoms with E-state index in [9.17, 15) is 14.7 Å². The van der Waals surface area contributed by atoms with Gasteiger partial charge in [-0.2, -0.15) is 0 Å². The number of phenols is 1. The molecule has 2 N–H and O–H groups in total. The minimum Gasteiger partial charge on any atom is -0.508 e. The molecule has 66 heavy (non-hydrogen) atoms. The molecule has 0 bridgehead atoms. The van der Waals surface area contributed by atoms with Gasteiger partial charge in [0.25, 0.3) is 5.91 Å². The molecule has 1 aliphatic carbocycles. The van der Waals surface area contributed by atoms with Gasteiger partial charge in [0.15, 0.2) is 6.23 Å². The molecule has 5 saturated heterocycles. The molecular formula is C54H61FN4O7. The van der Waals surface area contributed by atoms with Crippen molar-refractivity contribution in [1.29, 1.82) is 0 Å². The summed E-state index contributed by atoms with van der Waals surface area (Å²) in [7, 11) is 1.69. The number of benzene rings is 4. The van der Waals surface area contributed by atoms with Crippen molar-refractivity contribution in [3.8, 4) is 17.2 Å². The molecule has 7 aliphatic heterocycles. The third-order valence-electron chi connectivity index (χ3n) is 17.1. The van der Waals surface area contributed by atoms with Crippen molar-refractivity contribution in [1.82, 2.24) is 15.1 Å². The lowest BCUT2D eigenvalue weighted by Gasteiger charge is -2.47. The number of aryl methyl sites for hydroxylation is 2. The summed E-state index contributed by atoms with van der Waals surface area (Å²) in [6.07, 6.45) is 8.24. The number of aromatic hydroxyl groups is 1. The van der Waals surface area contributed by atoms with Gasteiger partial charge in [-0.3, -0.25) is 9.59 Å². The van der Waals surface area contributed by atoms with Crippen molar-refractivity contribution in [2.75, 3.05) is 57.9 Å². The van der Waals surface area contributed by atoms with Crippen LogP contribution in [0.5, 0.6) is 17.2 Å². The number of hydrogen-bond acceptors (Lipinski definition) is 9. The molecule has 7 heterocycles. The van der Waals surface area contributed by atoms with E-state index < -0.39 is 0 Å². The standard InChI is InChI=1S/C54H61FN4O7/c1-32-24-41-49(40-29-59(52(62)47(32)40)43-12-13-46(61)56-51-50(43)66-51)64-31-53(41)16-20-57(21-17-53)28-33-14-15-54(65-30-33)18-22-58(23-19-54)44-27-45(63-2)39(26-42(44)55)48-37(34-6-4-3-5-7-34)10-8-35-25-36(60)9-11-38(35)48/h3-7,9,11,24-27,33,37,43,48,50-51,60H,8,10,12-23,28-31H2,1-2H3,(H,56,61)/t33-,37+,43-,48-,50?,51?/m0/s1. The zero-order chi connectivity index (χ0) is 44.9. The smallest absolute Gasteiger partial charge is 0.255 e. The second kappa shape index (κ2) is 16.3. The molecule has 0 radical (unpaired) electrons. The van der Waals surface area contributed by atoms with Gasteiger partial charge >= 0.3 is 0 Å². The van der Waals surface area contributed by atoms with Crippen LogP contribution in [0, 0.1) is 18.7 Å². The summed E-state index contributed by atoms with van der Waals surface area (Å²) in [6, 6.07) is 21.9. The number of methoxy groups -OCH3 is 1. The Morgan fingerprint density at radius 1 is 0.909 bits per heavy atom. The van der Waals surface area contributed by atoms with E-state index in [0.29, 0.717) is 43.3 Å². The highest BCUT2D eigenvalue weighted by Crippen LogP contribution is 2.53. The molecule has 11 nitrogen and oxygen atoms in total. The molecule has 4 aromatic carbocycles. The molecular weight excluding hydrogens is 836 g/mol. The molecule has 0 aromatic heterocycles. The fraction of sp³-hybridized carbons (Fsp3) is 0.519. The predicted octanol–water partition coefficient (Wildman–Crippen LogP) is 7.86. The summed E-state index contributed by atoms with van der Waals surface area (Å²) in [5.41, 5.74) is 8.73. The predicted molar refractivity (Wildman–Crippen MR) is 247 cm³/mol. The van der Waals surface area contributed by atoms with Crippen molar-refractivity contribution in [3.63, 3.8) is 0 Å². The van der Waals surface area contributed by atoms with Crippen molar-refractivity contribution >= 4 is 17.5 Å². The molecule has 12 heteroatoms. The first-order chi connectivity index (χ1) is 32.1. The van der Waals surface area contributed by atoms with E-state index in [1.165, 1.54) is 11.1 Å². The van der Waals surface area contributed by atoms with Crippen LogP contribution in [0.3, 0.4) is 0 Å². The molecule has 2 unspecified atom stereocenters. The lowest BCUT2D eigenvalue weighted by Crippen LogP contribution is -2.51. The van der Waals surface area contributed by atoms with Gasteiger partial charge in [0, 0.05) is 60.1 Å². The number of ether oxygens (including phenoxy) is 4. The van der Waals surface area contributed by atoms with Crippen LogP contribution in [-0.4, -0.2) is 104 Å². The van der Waals surface area contributed by atoms with Crippen LogP contribution in [0.4, 0.5) is 10.1 Å². The van der Waals surface area contributed by atoms with Gasteiger partial charge < -0.3 is 44.1 Å². The Morgan fingerprint density at radius 2 is 1.73 bits per heavy atom. The number of anilines is 1. The minimum atomic E-state index is -0.287. The van der Waals surface area contributed by atoms with E-state index in [1.807, 2.05) is 29.2 Å². The first-order valence-electron chi connectivity index (χ1n) is 24.5. The van der Waals surface area contributed by atoms with E-state index in [1.54, 1.807) is 19.2 Å². The number of epoxide rings is 1. The maximum Gasteiger partial charge on any atom is 0.255 e. The maximum atomic E-state index is 16.5. The second-order valence-corrected chi connectivity index (χ2v) is 20.8. The fourth-order valence-corrected chi connectivity index (χ4v) is 13.4. The highest BCUT2D eigenvalue weighted by atomic mass is 19.1.